The molecule has 2 rings (SSSR count). The van der Waals surface area contributed by atoms with E-state index in [0.717, 1.165) is 17.5 Å². The minimum atomic E-state index is -0.523. The molecule has 1 heterocycles. The van der Waals surface area contributed by atoms with Crippen molar-refractivity contribution in [2.45, 2.75) is 20.3 Å². The molecule has 0 radical (unpaired) electrons. The molecule has 1 amide bonds. The van der Waals surface area contributed by atoms with Gasteiger partial charge in [0.15, 0.2) is 0 Å². The van der Waals surface area contributed by atoms with Crippen LogP contribution in [0.15, 0.2) is 35.1 Å². The first-order valence-corrected chi connectivity index (χ1v) is 6.56. The maximum absolute atomic E-state index is 11.9. The highest BCUT2D eigenvalue weighted by molar-refractivity contribution is 5.93. The molecule has 0 unspecified atom stereocenters. The number of nitrogens with zero attached hydrogens (tertiary/aromatic N) is 1. The summed E-state index contributed by atoms with van der Waals surface area (Å²) in [5, 5.41) is 2.73. The number of carbonyl (C=O) groups excluding carboxylic acids is 1. The fourth-order valence-electron chi connectivity index (χ4n) is 1.79. The molecule has 0 bridgehead atoms. The standard InChI is InChI=1S/C15H17N3O2/c1-3-8-16-14(19)13-9-12(17-15(20)18-13)11-6-4-10(2)5-7-11/h4-7,9H,3,8H2,1-2H3,(H,16,19)(H,17,18,20). The summed E-state index contributed by atoms with van der Waals surface area (Å²) >= 11 is 0. The SMILES string of the molecule is CCCNC(=O)c1cc(-c2ccc(C)cc2)nc(=O)[nH]1. The van der Waals surface area contributed by atoms with Gasteiger partial charge in [-0.2, -0.15) is 4.98 Å². The van der Waals surface area contributed by atoms with Crippen molar-refractivity contribution in [3.63, 3.8) is 0 Å². The fourth-order valence-corrected chi connectivity index (χ4v) is 1.79. The molecule has 0 atom stereocenters. The summed E-state index contributed by atoms with van der Waals surface area (Å²) in [6.45, 7) is 4.52. The van der Waals surface area contributed by atoms with Crippen molar-refractivity contribution in [2.75, 3.05) is 6.54 Å². The van der Waals surface area contributed by atoms with Gasteiger partial charge in [-0.05, 0) is 19.4 Å². The summed E-state index contributed by atoms with van der Waals surface area (Å²) < 4.78 is 0. The number of H-pyrrole nitrogens is 1. The number of hydrogen-bond acceptors (Lipinski definition) is 3. The molecule has 0 fully saturated rings. The van der Waals surface area contributed by atoms with E-state index in [9.17, 15) is 9.59 Å². The maximum Gasteiger partial charge on any atom is 0.346 e. The third kappa shape index (κ3) is 3.32. The molecular formula is C15H17N3O2. The number of rotatable bonds is 4. The molecule has 0 saturated carbocycles. The van der Waals surface area contributed by atoms with E-state index in [2.05, 4.69) is 15.3 Å². The summed E-state index contributed by atoms with van der Waals surface area (Å²) in [6.07, 6.45) is 0.839. The Morgan fingerprint density at radius 1 is 1.30 bits per heavy atom. The highest BCUT2D eigenvalue weighted by Gasteiger charge is 2.09. The number of amides is 1. The monoisotopic (exact) mass is 271 g/mol. The van der Waals surface area contributed by atoms with Crippen molar-refractivity contribution in [1.82, 2.24) is 15.3 Å². The van der Waals surface area contributed by atoms with E-state index in [1.165, 1.54) is 0 Å². The van der Waals surface area contributed by atoms with E-state index < -0.39 is 5.69 Å². The molecule has 2 N–H and O–H groups in total. The van der Waals surface area contributed by atoms with Crippen LogP contribution >= 0.6 is 0 Å². The molecular weight excluding hydrogens is 254 g/mol. The quantitative estimate of drug-likeness (QED) is 0.891. The molecule has 104 valence electrons. The summed E-state index contributed by atoms with van der Waals surface area (Å²) in [5.41, 5.74) is 2.14. The van der Waals surface area contributed by atoms with Gasteiger partial charge < -0.3 is 10.3 Å². The van der Waals surface area contributed by atoms with E-state index in [1.54, 1.807) is 6.07 Å². The van der Waals surface area contributed by atoms with E-state index in [1.807, 2.05) is 38.1 Å². The minimum Gasteiger partial charge on any atom is -0.351 e. The van der Waals surface area contributed by atoms with Crippen molar-refractivity contribution in [3.05, 3.63) is 52.1 Å². The normalized spacial score (nSPS) is 10.3. The molecule has 0 spiro atoms. The van der Waals surface area contributed by atoms with Crippen LogP contribution in [0.5, 0.6) is 0 Å². The van der Waals surface area contributed by atoms with Crippen LogP contribution in [0.4, 0.5) is 0 Å². The van der Waals surface area contributed by atoms with Gasteiger partial charge in [-0.3, -0.25) is 4.79 Å². The van der Waals surface area contributed by atoms with Crippen LogP contribution in [0.1, 0.15) is 29.4 Å². The Morgan fingerprint density at radius 2 is 2.00 bits per heavy atom. The number of carbonyl (C=O) groups is 1. The number of nitrogens with one attached hydrogen (secondary N) is 2. The molecule has 0 saturated heterocycles. The lowest BCUT2D eigenvalue weighted by Crippen LogP contribution is -2.27. The number of aryl methyl sites for hydroxylation is 1. The lowest BCUT2D eigenvalue weighted by atomic mass is 10.1. The van der Waals surface area contributed by atoms with Crippen molar-refractivity contribution in [1.29, 1.82) is 0 Å². The third-order valence-corrected chi connectivity index (χ3v) is 2.87. The number of benzene rings is 1. The Hall–Kier alpha value is -2.43. The highest BCUT2D eigenvalue weighted by atomic mass is 16.2. The van der Waals surface area contributed by atoms with E-state index in [-0.39, 0.29) is 11.6 Å². The zero-order valence-electron chi connectivity index (χ0n) is 11.6. The van der Waals surface area contributed by atoms with Gasteiger partial charge in [0.1, 0.15) is 5.69 Å². The summed E-state index contributed by atoms with van der Waals surface area (Å²) in [5.74, 6) is -0.292. The second kappa shape index (κ2) is 6.14. The first-order chi connectivity index (χ1) is 9.60. The summed E-state index contributed by atoms with van der Waals surface area (Å²) in [6, 6.07) is 9.23. The Bertz CT molecular complexity index is 660. The van der Waals surface area contributed by atoms with Gasteiger partial charge in [0, 0.05) is 12.1 Å². The Morgan fingerprint density at radius 3 is 2.65 bits per heavy atom. The first-order valence-electron chi connectivity index (χ1n) is 6.56. The van der Waals surface area contributed by atoms with Crippen LogP contribution in [-0.4, -0.2) is 22.4 Å². The Kier molecular flexibility index (Phi) is 4.30. The zero-order chi connectivity index (χ0) is 14.5. The van der Waals surface area contributed by atoms with E-state index in [4.69, 9.17) is 0 Å². The van der Waals surface area contributed by atoms with Gasteiger partial charge in [0.25, 0.3) is 5.91 Å². The molecule has 1 aromatic carbocycles. The zero-order valence-corrected chi connectivity index (χ0v) is 11.6. The smallest absolute Gasteiger partial charge is 0.346 e. The lowest BCUT2D eigenvalue weighted by Gasteiger charge is -2.05. The van der Waals surface area contributed by atoms with E-state index in [0.29, 0.717) is 12.2 Å². The number of aromatic amines is 1. The van der Waals surface area contributed by atoms with Gasteiger partial charge in [-0.1, -0.05) is 36.8 Å². The second-order valence-electron chi connectivity index (χ2n) is 4.61. The van der Waals surface area contributed by atoms with Crippen molar-refractivity contribution in [3.8, 4) is 11.3 Å². The van der Waals surface area contributed by atoms with Gasteiger partial charge in [-0.15, -0.1) is 0 Å². The fraction of sp³-hybridized carbons (Fsp3) is 0.267. The molecule has 0 aliphatic heterocycles. The molecule has 0 aliphatic carbocycles. The largest absolute Gasteiger partial charge is 0.351 e. The summed E-state index contributed by atoms with van der Waals surface area (Å²) in [4.78, 5) is 29.8. The van der Waals surface area contributed by atoms with Crippen LogP contribution in [-0.2, 0) is 0 Å². The molecule has 5 heteroatoms. The van der Waals surface area contributed by atoms with Crippen LogP contribution < -0.4 is 11.0 Å². The summed E-state index contributed by atoms with van der Waals surface area (Å²) in [7, 11) is 0. The van der Waals surface area contributed by atoms with Crippen LogP contribution in [0.2, 0.25) is 0 Å². The number of aromatic nitrogens is 2. The van der Waals surface area contributed by atoms with Crippen LogP contribution in [0.25, 0.3) is 11.3 Å². The average Bonchev–Trinajstić information content (AvgIpc) is 2.44. The van der Waals surface area contributed by atoms with Crippen molar-refractivity contribution >= 4 is 5.91 Å². The second-order valence-corrected chi connectivity index (χ2v) is 4.61. The van der Waals surface area contributed by atoms with Gasteiger partial charge in [0.2, 0.25) is 0 Å². The van der Waals surface area contributed by atoms with E-state index >= 15 is 0 Å². The van der Waals surface area contributed by atoms with Gasteiger partial charge in [0.05, 0.1) is 5.69 Å². The molecule has 5 nitrogen and oxygen atoms in total. The van der Waals surface area contributed by atoms with Crippen LogP contribution in [0.3, 0.4) is 0 Å². The van der Waals surface area contributed by atoms with Gasteiger partial charge >= 0.3 is 5.69 Å². The first kappa shape index (κ1) is 14.0. The molecule has 20 heavy (non-hydrogen) atoms. The van der Waals surface area contributed by atoms with Gasteiger partial charge in [-0.25, -0.2) is 4.79 Å². The van der Waals surface area contributed by atoms with Crippen molar-refractivity contribution in [2.24, 2.45) is 0 Å². The van der Waals surface area contributed by atoms with Crippen molar-refractivity contribution < 1.29 is 4.79 Å². The predicted molar refractivity (Wildman–Crippen MR) is 77.7 cm³/mol. The molecule has 2 aromatic rings. The van der Waals surface area contributed by atoms with Crippen LogP contribution in [0, 0.1) is 6.92 Å². The predicted octanol–water partition coefficient (Wildman–Crippen LogP) is 1.89. The maximum atomic E-state index is 11.9. The topological polar surface area (TPSA) is 74.8 Å². The Balaban J connectivity index is 2.36. The molecule has 1 aromatic heterocycles. The Labute approximate surface area is 117 Å². The number of hydrogen-bond donors (Lipinski definition) is 2. The third-order valence-electron chi connectivity index (χ3n) is 2.87. The molecule has 0 aliphatic rings. The lowest BCUT2D eigenvalue weighted by molar-refractivity contribution is 0.0948. The average molecular weight is 271 g/mol. The highest BCUT2D eigenvalue weighted by Crippen LogP contribution is 2.16. The minimum absolute atomic E-state index is 0.231.